The second-order valence-corrected chi connectivity index (χ2v) is 5.57. The SMILES string of the molecule is Cc1cccc(C(=O)N(C)Cc2ccc(Br)cc2)c1. The minimum atomic E-state index is 0.0478. The van der Waals surface area contributed by atoms with Gasteiger partial charge in [0.25, 0.3) is 5.91 Å². The Hall–Kier alpha value is -1.61. The molecule has 3 heteroatoms. The molecule has 0 unspecified atom stereocenters. The number of benzene rings is 2. The number of amides is 1. The molecular weight excluding hydrogens is 302 g/mol. The van der Waals surface area contributed by atoms with Crippen molar-refractivity contribution in [3.63, 3.8) is 0 Å². The molecule has 0 radical (unpaired) electrons. The first-order valence-corrected chi connectivity index (χ1v) is 6.92. The minimum Gasteiger partial charge on any atom is -0.337 e. The normalized spacial score (nSPS) is 10.3. The van der Waals surface area contributed by atoms with Gasteiger partial charge < -0.3 is 4.90 Å². The van der Waals surface area contributed by atoms with Gasteiger partial charge in [0.05, 0.1) is 0 Å². The minimum absolute atomic E-state index is 0.0478. The number of carbonyl (C=O) groups excluding carboxylic acids is 1. The van der Waals surface area contributed by atoms with Gasteiger partial charge >= 0.3 is 0 Å². The number of carbonyl (C=O) groups is 1. The van der Waals surface area contributed by atoms with Crippen LogP contribution in [0.25, 0.3) is 0 Å². The van der Waals surface area contributed by atoms with Gasteiger partial charge in [-0.25, -0.2) is 0 Å². The molecule has 0 aliphatic carbocycles. The third kappa shape index (κ3) is 3.67. The van der Waals surface area contributed by atoms with Crippen molar-refractivity contribution < 1.29 is 4.79 Å². The molecule has 0 saturated heterocycles. The topological polar surface area (TPSA) is 20.3 Å². The molecule has 98 valence electrons. The summed E-state index contributed by atoms with van der Waals surface area (Å²) < 4.78 is 1.05. The first-order chi connectivity index (χ1) is 9.06. The van der Waals surface area contributed by atoms with Gasteiger partial charge in [-0.2, -0.15) is 0 Å². The van der Waals surface area contributed by atoms with E-state index in [1.807, 2.05) is 62.5 Å². The van der Waals surface area contributed by atoms with Crippen molar-refractivity contribution in [2.24, 2.45) is 0 Å². The number of hydrogen-bond acceptors (Lipinski definition) is 1. The van der Waals surface area contributed by atoms with Gasteiger partial charge in [0.1, 0.15) is 0 Å². The van der Waals surface area contributed by atoms with Crippen LogP contribution in [-0.2, 0) is 6.54 Å². The lowest BCUT2D eigenvalue weighted by Crippen LogP contribution is -2.26. The van der Waals surface area contributed by atoms with E-state index < -0.39 is 0 Å². The highest BCUT2D eigenvalue weighted by atomic mass is 79.9. The second-order valence-electron chi connectivity index (χ2n) is 4.66. The van der Waals surface area contributed by atoms with Gasteiger partial charge in [-0.05, 0) is 36.8 Å². The molecule has 0 aliphatic rings. The maximum Gasteiger partial charge on any atom is 0.253 e. The lowest BCUT2D eigenvalue weighted by Gasteiger charge is -2.17. The van der Waals surface area contributed by atoms with Gasteiger partial charge in [0.15, 0.2) is 0 Å². The Morgan fingerprint density at radius 1 is 1.16 bits per heavy atom. The monoisotopic (exact) mass is 317 g/mol. The van der Waals surface area contributed by atoms with Crippen molar-refractivity contribution in [2.45, 2.75) is 13.5 Å². The van der Waals surface area contributed by atoms with Crippen LogP contribution < -0.4 is 0 Å². The first kappa shape index (κ1) is 13.8. The zero-order valence-corrected chi connectivity index (χ0v) is 12.6. The summed E-state index contributed by atoms with van der Waals surface area (Å²) >= 11 is 3.40. The average Bonchev–Trinajstić information content (AvgIpc) is 2.40. The molecule has 0 heterocycles. The largest absolute Gasteiger partial charge is 0.337 e. The third-order valence-corrected chi connectivity index (χ3v) is 3.47. The van der Waals surface area contributed by atoms with Crippen LogP contribution in [0.4, 0.5) is 0 Å². The molecule has 0 fully saturated rings. The molecule has 0 aliphatic heterocycles. The molecule has 0 atom stereocenters. The van der Waals surface area contributed by atoms with Crippen molar-refractivity contribution in [3.05, 3.63) is 69.7 Å². The first-order valence-electron chi connectivity index (χ1n) is 6.13. The summed E-state index contributed by atoms with van der Waals surface area (Å²) in [6.07, 6.45) is 0. The molecule has 2 rings (SSSR count). The summed E-state index contributed by atoms with van der Waals surface area (Å²) in [6, 6.07) is 15.7. The fourth-order valence-corrected chi connectivity index (χ4v) is 2.20. The standard InChI is InChI=1S/C16H16BrNO/c1-12-4-3-5-14(10-12)16(19)18(2)11-13-6-8-15(17)9-7-13/h3-10H,11H2,1-2H3. The summed E-state index contributed by atoms with van der Waals surface area (Å²) in [4.78, 5) is 14.0. The van der Waals surface area contributed by atoms with Gasteiger partial charge in [-0.15, -0.1) is 0 Å². The summed E-state index contributed by atoms with van der Waals surface area (Å²) in [5.41, 5.74) is 2.95. The molecule has 2 aromatic rings. The number of rotatable bonds is 3. The van der Waals surface area contributed by atoms with Crippen molar-refractivity contribution in [3.8, 4) is 0 Å². The molecule has 0 aromatic heterocycles. The van der Waals surface area contributed by atoms with Crippen LogP contribution >= 0.6 is 15.9 Å². The molecule has 0 N–H and O–H groups in total. The third-order valence-electron chi connectivity index (χ3n) is 2.94. The van der Waals surface area contributed by atoms with Crippen LogP contribution in [0.5, 0.6) is 0 Å². The van der Waals surface area contributed by atoms with E-state index in [4.69, 9.17) is 0 Å². The molecule has 19 heavy (non-hydrogen) atoms. The van der Waals surface area contributed by atoms with Gasteiger partial charge in [-0.3, -0.25) is 4.79 Å². The summed E-state index contributed by atoms with van der Waals surface area (Å²) in [5.74, 6) is 0.0478. The van der Waals surface area contributed by atoms with Crippen LogP contribution in [0.3, 0.4) is 0 Å². The van der Waals surface area contributed by atoms with Gasteiger partial charge in [-0.1, -0.05) is 45.8 Å². The van der Waals surface area contributed by atoms with Gasteiger partial charge in [0, 0.05) is 23.6 Å². The van der Waals surface area contributed by atoms with Crippen molar-refractivity contribution in [2.75, 3.05) is 7.05 Å². The number of hydrogen-bond donors (Lipinski definition) is 0. The van der Waals surface area contributed by atoms with E-state index in [0.29, 0.717) is 6.54 Å². The maximum atomic E-state index is 12.3. The van der Waals surface area contributed by atoms with Crippen LogP contribution in [0.15, 0.2) is 53.0 Å². The molecule has 0 spiro atoms. The van der Waals surface area contributed by atoms with E-state index in [1.54, 1.807) is 4.90 Å². The lowest BCUT2D eigenvalue weighted by atomic mass is 10.1. The average molecular weight is 318 g/mol. The smallest absolute Gasteiger partial charge is 0.253 e. The number of halogens is 1. The van der Waals surface area contributed by atoms with Crippen LogP contribution in [-0.4, -0.2) is 17.9 Å². The Kier molecular flexibility index (Phi) is 4.38. The Labute approximate surface area is 122 Å². The van der Waals surface area contributed by atoms with E-state index in [9.17, 15) is 4.79 Å². The van der Waals surface area contributed by atoms with Crippen LogP contribution in [0.1, 0.15) is 21.5 Å². The Morgan fingerprint density at radius 3 is 2.47 bits per heavy atom. The van der Waals surface area contributed by atoms with Crippen LogP contribution in [0, 0.1) is 6.92 Å². The quantitative estimate of drug-likeness (QED) is 0.837. The highest BCUT2D eigenvalue weighted by Gasteiger charge is 2.11. The van der Waals surface area contributed by atoms with E-state index in [1.165, 1.54) is 0 Å². The molecule has 2 aromatic carbocycles. The Balaban J connectivity index is 2.09. The zero-order valence-electron chi connectivity index (χ0n) is 11.1. The fraction of sp³-hybridized carbons (Fsp3) is 0.188. The predicted octanol–water partition coefficient (Wildman–Crippen LogP) is 4.03. The lowest BCUT2D eigenvalue weighted by molar-refractivity contribution is 0.0785. The van der Waals surface area contributed by atoms with Gasteiger partial charge in [0.2, 0.25) is 0 Å². The molecule has 2 nitrogen and oxygen atoms in total. The van der Waals surface area contributed by atoms with Crippen LogP contribution in [0.2, 0.25) is 0 Å². The predicted molar refractivity (Wildman–Crippen MR) is 81.1 cm³/mol. The Morgan fingerprint density at radius 2 is 1.84 bits per heavy atom. The van der Waals surface area contributed by atoms with Crippen molar-refractivity contribution in [1.29, 1.82) is 0 Å². The summed E-state index contributed by atoms with van der Waals surface area (Å²) in [6.45, 7) is 2.60. The molecule has 0 saturated carbocycles. The number of nitrogens with zero attached hydrogens (tertiary/aromatic N) is 1. The summed E-state index contributed by atoms with van der Waals surface area (Å²) in [7, 11) is 1.83. The second kappa shape index (κ2) is 6.02. The summed E-state index contributed by atoms with van der Waals surface area (Å²) in [5, 5.41) is 0. The fourth-order valence-electron chi connectivity index (χ4n) is 1.93. The van der Waals surface area contributed by atoms with E-state index in [2.05, 4.69) is 15.9 Å². The number of aryl methyl sites for hydroxylation is 1. The maximum absolute atomic E-state index is 12.3. The molecular formula is C16H16BrNO. The van der Waals surface area contributed by atoms with Crippen molar-refractivity contribution >= 4 is 21.8 Å². The van der Waals surface area contributed by atoms with Crippen molar-refractivity contribution in [1.82, 2.24) is 4.90 Å². The van der Waals surface area contributed by atoms with E-state index >= 15 is 0 Å². The highest BCUT2D eigenvalue weighted by Crippen LogP contribution is 2.13. The Bertz CT molecular complexity index is 578. The molecule has 0 bridgehead atoms. The zero-order chi connectivity index (χ0) is 13.8. The molecule has 1 amide bonds. The van der Waals surface area contributed by atoms with E-state index in [-0.39, 0.29) is 5.91 Å². The van der Waals surface area contributed by atoms with E-state index in [0.717, 1.165) is 21.2 Å². The highest BCUT2D eigenvalue weighted by molar-refractivity contribution is 9.10.